The fourth-order valence-corrected chi connectivity index (χ4v) is 3.67. The van der Waals surface area contributed by atoms with Gasteiger partial charge in [0.15, 0.2) is 5.75 Å². The number of hydrogen-bond acceptors (Lipinski definition) is 4. The summed E-state index contributed by atoms with van der Waals surface area (Å²) in [5, 5.41) is 30.7. The lowest BCUT2D eigenvalue weighted by atomic mass is 10.1. The van der Waals surface area contributed by atoms with E-state index >= 15 is 0 Å². The van der Waals surface area contributed by atoms with E-state index in [2.05, 4.69) is 4.99 Å². The van der Waals surface area contributed by atoms with E-state index in [4.69, 9.17) is 0 Å². The van der Waals surface area contributed by atoms with E-state index in [1.165, 1.54) is 35.0 Å². The van der Waals surface area contributed by atoms with E-state index in [0.717, 1.165) is 23.3 Å². The number of rotatable bonds is 4. The first kappa shape index (κ1) is 22.9. The molecule has 6 nitrogen and oxygen atoms in total. The number of phenols is 1. The SMILES string of the molecule is Cc1ccc(-n2c(O)c(C=Nc3cccc(C(=O)O)c3O)c3ccc(C(F)(F)F)cc32)cc1C. The van der Waals surface area contributed by atoms with Crippen molar-refractivity contribution in [3.63, 3.8) is 0 Å². The minimum Gasteiger partial charge on any atom is -0.505 e. The van der Waals surface area contributed by atoms with E-state index in [0.29, 0.717) is 11.1 Å². The van der Waals surface area contributed by atoms with Crippen molar-refractivity contribution in [2.75, 3.05) is 0 Å². The Bertz CT molecular complexity index is 1470. The number of aromatic carboxylic acids is 1. The number of carboxylic acids is 1. The predicted octanol–water partition coefficient (Wildman–Crippen LogP) is 6.13. The van der Waals surface area contributed by atoms with Crippen molar-refractivity contribution >= 4 is 28.8 Å². The van der Waals surface area contributed by atoms with E-state index in [1.807, 2.05) is 13.8 Å². The van der Waals surface area contributed by atoms with E-state index in [9.17, 15) is 33.3 Å². The Hall–Kier alpha value is -4.27. The smallest absolute Gasteiger partial charge is 0.416 e. The average molecular weight is 468 g/mol. The molecule has 0 saturated carbocycles. The van der Waals surface area contributed by atoms with Gasteiger partial charge in [-0.05, 0) is 61.4 Å². The third kappa shape index (κ3) is 3.96. The van der Waals surface area contributed by atoms with Gasteiger partial charge in [-0.1, -0.05) is 18.2 Å². The molecule has 4 rings (SSSR count). The van der Waals surface area contributed by atoms with Crippen LogP contribution in [0.3, 0.4) is 0 Å². The van der Waals surface area contributed by atoms with Crippen LogP contribution in [0.2, 0.25) is 0 Å². The largest absolute Gasteiger partial charge is 0.505 e. The number of carboxylic acid groups (broad SMARTS) is 1. The summed E-state index contributed by atoms with van der Waals surface area (Å²) in [6, 6.07) is 12.3. The highest BCUT2D eigenvalue weighted by Crippen LogP contribution is 2.39. The number of aliphatic imine (C=N–C) groups is 1. The fraction of sp³-hybridized carbons (Fsp3) is 0.120. The van der Waals surface area contributed by atoms with Gasteiger partial charge in [0.1, 0.15) is 11.3 Å². The van der Waals surface area contributed by atoms with Gasteiger partial charge >= 0.3 is 12.1 Å². The van der Waals surface area contributed by atoms with Crippen LogP contribution in [0.25, 0.3) is 16.6 Å². The van der Waals surface area contributed by atoms with Crippen molar-refractivity contribution in [1.29, 1.82) is 0 Å². The number of fused-ring (bicyclic) bond motifs is 1. The topological polar surface area (TPSA) is 95.0 Å². The molecule has 0 aliphatic rings. The number of para-hydroxylation sites is 1. The maximum Gasteiger partial charge on any atom is 0.416 e. The van der Waals surface area contributed by atoms with E-state index in [-0.39, 0.29) is 28.2 Å². The number of carbonyl (C=O) groups is 1. The normalized spacial score (nSPS) is 12.0. The maximum absolute atomic E-state index is 13.4. The monoisotopic (exact) mass is 468 g/mol. The Morgan fingerprint density at radius 3 is 2.38 bits per heavy atom. The van der Waals surface area contributed by atoms with Crippen molar-refractivity contribution in [1.82, 2.24) is 4.57 Å². The molecule has 0 saturated heterocycles. The summed E-state index contributed by atoms with van der Waals surface area (Å²) in [6.07, 6.45) is -3.40. The Balaban J connectivity index is 1.95. The molecule has 34 heavy (non-hydrogen) atoms. The molecule has 0 radical (unpaired) electrons. The zero-order valence-corrected chi connectivity index (χ0v) is 18.1. The Morgan fingerprint density at radius 1 is 1.00 bits per heavy atom. The Morgan fingerprint density at radius 2 is 1.74 bits per heavy atom. The third-order valence-corrected chi connectivity index (χ3v) is 5.64. The minimum atomic E-state index is -4.58. The average Bonchev–Trinajstić information content (AvgIpc) is 3.04. The molecule has 1 aromatic heterocycles. The van der Waals surface area contributed by atoms with Crippen LogP contribution in [0, 0.1) is 13.8 Å². The van der Waals surface area contributed by atoms with Crippen LogP contribution in [0.5, 0.6) is 11.6 Å². The first-order valence-electron chi connectivity index (χ1n) is 10.1. The van der Waals surface area contributed by atoms with Crippen LogP contribution in [-0.4, -0.2) is 32.1 Å². The first-order chi connectivity index (χ1) is 16.0. The highest BCUT2D eigenvalue weighted by molar-refractivity contribution is 6.04. The van der Waals surface area contributed by atoms with Crippen LogP contribution >= 0.6 is 0 Å². The van der Waals surface area contributed by atoms with E-state index < -0.39 is 23.5 Å². The van der Waals surface area contributed by atoms with Gasteiger partial charge in [-0.15, -0.1) is 0 Å². The second-order valence-corrected chi connectivity index (χ2v) is 7.81. The number of aryl methyl sites for hydroxylation is 2. The second kappa shape index (κ2) is 8.26. The van der Waals surface area contributed by atoms with Crippen LogP contribution in [0.1, 0.15) is 32.6 Å². The molecule has 0 bridgehead atoms. The molecule has 9 heteroatoms. The maximum atomic E-state index is 13.4. The van der Waals surface area contributed by atoms with Crippen LogP contribution < -0.4 is 0 Å². The Kier molecular flexibility index (Phi) is 5.56. The summed E-state index contributed by atoms with van der Waals surface area (Å²) in [5.74, 6) is -2.26. The third-order valence-electron chi connectivity index (χ3n) is 5.64. The van der Waals surface area contributed by atoms with E-state index in [1.54, 1.807) is 18.2 Å². The van der Waals surface area contributed by atoms with Gasteiger partial charge in [0, 0.05) is 17.3 Å². The van der Waals surface area contributed by atoms with Crippen LogP contribution in [0.4, 0.5) is 18.9 Å². The zero-order chi connectivity index (χ0) is 24.8. The van der Waals surface area contributed by atoms with Gasteiger partial charge in [0.05, 0.1) is 16.6 Å². The minimum absolute atomic E-state index is 0.0710. The standard InChI is InChI=1S/C25H19F3N2O4/c1-13-6-8-16(10-14(13)2)30-21-11-15(25(26,27)28)7-9-17(21)19(23(30)32)12-29-20-5-3-4-18(22(20)31)24(33)34/h3-12,31-32H,1-2H3,(H,33,34). The number of hydrogen-bond donors (Lipinski definition) is 3. The van der Waals surface area contributed by atoms with Crippen LogP contribution in [-0.2, 0) is 6.18 Å². The molecule has 4 aromatic rings. The number of benzene rings is 3. The molecular weight excluding hydrogens is 449 g/mol. The molecule has 0 atom stereocenters. The van der Waals surface area contributed by atoms with Crippen molar-refractivity contribution in [3.8, 4) is 17.3 Å². The van der Waals surface area contributed by atoms with Gasteiger partial charge < -0.3 is 15.3 Å². The van der Waals surface area contributed by atoms with Gasteiger partial charge in [0.25, 0.3) is 0 Å². The van der Waals surface area contributed by atoms with Crippen molar-refractivity contribution < 1.29 is 33.3 Å². The molecule has 3 aromatic carbocycles. The summed E-state index contributed by atoms with van der Waals surface area (Å²) in [5.41, 5.74) is 1.24. The lowest BCUT2D eigenvalue weighted by Crippen LogP contribution is -2.05. The quantitative estimate of drug-likeness (QED) is 0.314. The van der Waals surface area contributed by atoms with Crippen molar-refractivity contribution in [2.24, 2.45) is 4.99 Å². The molecular formula is C25H19F3N2O4. The van der Waals surface area contributed by atoms with Crippen LogP contribution in [0.15, 0.2) is 59.6 Å². The number of nitrogens with zero attached hydrogens (tertiary/aromatic N) is 2. The summed E-state index contributed by atoms with van der Waals surface area (Å²) >= 11 is 0. The second-order valence-electron chi connectivity index (χ2n) is 7.81. The summed E-state index contributed by atoms with van der Waals surface area (Å²) < 4.78 is 41.5. The number of alkyl halides is 3. The van der Waals surface area contributed by atoms with Gasteiger partial charge in [-0.2, -0.15) is 13.2 Å². The predicted molar refractivity (Wildman–Crippen MR) is 122 cm³/mol. The molecule has 3 N–H and O–H groups in total. The van der Waals surface area contributed by atoms with Gasteiger partial charge in [0.2, 0.25) is 5.88 Å². The molecule has 0 fully saturated rings. The molecule has 0 unspecified atom stereocenters. The first-order valence-corrected chi connectivity index (χ1v) is 10.1. The lowest BCUT2D eigenvalue weighted by molar-refractivity contribution is -0.137. The molecule has 0 spiro atoms. The molecule has 0 aliphatic heterocycles. The molecule has 174 valence electrons. The highest BCUT2D eigenvalue weighted by atomic mass is 19.4. The number of aromatic hydroxyl groups is 2. The summed E-state index contributed by atoms with van der Waals surface area (Å²) in [4.78, 5) is 15.4. The Labute approximate surface area is 191 Å². The number of halogens is 3. The summed E-state index contributed by atoms with van der Waals surface area (Å²) in [7, 11) is 0. The molecule has 0 aliphatic carbocycles. The molecule has 1 heterocycles. The number of aromatic nitrogens is 1. The molecule has 0 amide bonds. The van der Waals surface area contributed by atoms with Gasteiger partial charge in [-0.25, -0.2) is 4.79 Å². The lowest BCUT2D eigenvalue weighted by Gasteiger charge is -2.11. The van der Waals surface area contributed by atoms with Gasteiger partial charge in [-0.3, -0.25) is 9.56 Å². The van der Waals surface area contributed by atoms with Crippen molar-refractivity contribution in [3.05, 3.63) is 82.4 Å². The highest BCUT2D eigenvalue weighted by Gasteiger charge is 2.31. The zero-order valence-electron chi connectivity index (χ0n) is 18.1. The fourth-order valence-electron chi connectivity index (χ4n) is 3.67. The summed E-state index contributed by atoms with van der Waals surface area (Å²) in [6.45, 7) is 3.74. The van der Waals surface area contributed by atoms with Crippen molar-refractivity contribution in [2.45, 2.75) is 20.0 Å².